The first-order chi connectivity index (χ1) is 10.3. The lowest BCUT2D eigenvalue weighted by Crippen LogP contribution is -2.16. The number of anilines is 1. The van der Waals surface area contributed by atoms with Crippen LogP contribution in [0.15, 0.2) is 47.4 Å². The highest BCUT2D eigenvalue weighted by atomic mass is 32.2. The maximum atomic E-state index is 12.3. The van der Waals surface area contributed by atoms with Crippen molar-refractivity contribution in [1.82, 2.24) is 0 Å². The molecule has 0 unspecified atom stereocenters. The summed E-state index contributed by atoms with van der Waals surface area (Å²) in [5, 5.41) is 7.79. The van der Waals surface area contributed by atoms with Crippen molar-refractivity contribution < 1.29 is 17.9 Å². The monoisotopic (exact) mass is 320 g/mol. The van der Waals surface area contributed by atoms with Gasteiger partial charge in [0.05, 0.1) is 17.6 Å². The Morgan fingerprint density at radius 2 is 1.86 bits per heavy atom. The number of carbonyl (C=O) groups excluding carboxylic acids is 1. The van der Waals surface area contributed by atoms with Gasteiger partial charge in [0.15, 0.2) is 0 Å². The van der Waals surface area contributed by atoms with Gasteiger partial charge >= 0.3 is 0 Å². The number of sulfonamides is 1. The summed E-state index contributed by atoms with van der Waals surface area (Å²) in [6.07, 6.45) is 0. The Balaban J connectivity index is 2.33. The first-order valence-electron chi connectivity index (χ1n) is 6.41. The first kappa shape index (κ1) is 16.0. The van der Waals surface area contributed by atoms with Crippen molar-refractivity contribution in [2.45, 2.75) is 11.8 Å². The molecule has 0 aliphatic rings. The van der Waals surface area contributed by atoms with Crippen LogP contribution < -0.4 is 15.2 Å². The number of rotatable bonds is 4. The summed E-state index contributed by atoms with van der Waals surface area (Å²) >= 11 is 0. The normalized spacial score (nSPS) is 11.0. The summed E-state index contributed by atoms with van der Waals surface area (Å²) in [6, 6.07) is 11.3. The summed E-state index contributed by atoms with van der Waals surface area (Å²) in [4.78, 5) is 12.2. The van der Waals surface area contributed by atoms with Crippen LogP contribution in [0.25, 0.3) is 0 Å². The number of ether oxygens (including phenoxy) is 1. The maximum absolute atomic E-state index is 12.3. The van der Waals surface area contributed by atoms with Crippen LogP contribution in [-0.4, -0.2) is 21.4 Å². The van der Waals surface area contributed by atoms with E-state index in [0.29, 0.717) is 22.6 Å². The lowest BCUT2D eigenvalue weighted by atomic mass is 10.1. The number of benzene rings is 2. The molecule has 116 valence electrons. The third kappa shape index (κ3) is 3.44. The van der Waals surface area contributed by atoms with E-state index in [0.717, 1.165) is 0 Å². The molecule has 2 aromatic carbocycles. The number of methoxy groups -OCH3 is 1. The van der Waals surface area contributed by atoms with Gasteiger partial charge in [0.25, 0.3) is 5.91 Å². The minimum absolute atomic E-state index is 0.0228. The predicted octanol–water partition coefficient (Wildman–Crippen LogP) is 1.90. The van der Waals surface area contributed by atoms with Gasteiger partial charge in [-0.25, -0.2) is 13.6 Å². The number of carbonyl (C=O) groups is 1. The number of hydrogen-bond donors (Lipinski definition) is 2. The maximum Gasteiger partial charge on any atom is 0.259 e. The molecule has 0 aromatic heterocycles. The van der Waals surface area contributed by atoms with Gasteiger partial charge in [0.2, 0.25) is 10.0 Å². The summed E-state index contributed by atoms with van der Waals surface area (Å²) in [5.74, 6) is 0.0282. The quantitative estimate of drug-likeness (QED) is 0.899. The van der Waals surface area contributed by atoms with Gasteiger partial charge in [-0.05, 0) is 36.8 Å². The number of nitrogens with two attached hydrogens (primary N) is 1. The van der Waals surface area contributed by atoms with E-state index in [9.17, 15) is 13.2 Å². The van der Waals surface area contributed by atoms with Gasteiger partial charge < -0.3 is 10.1 Å². The topological polar surface area (TPSA) is 98.5 Å². The number of aryl methyl sites for hydroxylation is 1. The average molecular weight is 320 g/mol. The van der Waals surface area contributed by atoms with Crippen LogP contribution in [-0.2, 0) is 10.0 Å². The number of para-hydroxylation sites is 1. The lowest BCUT2D eigenvalue weighted by Gasteiger charge is -2.11. The third-order valence-electron chi connectivity index (χ3n) is 3.10. The van der Waals surface area contributed by atoms with Crippen molar-refractivity contribution in [2.24, 2.45) is 5.14 Å². The van der Waals surface area contributed by atoms with Crippen LogP contribution in [0.4, 0.5) is 5.69 Å². The Kier molecular flexibility index (Phi) is 4.48. The zero-order valence-corrected chi connectivity index (χ0v) is 13.0. The van der Waals surface area contributed by atoms with Crippen molar-refractivity contribution >= 4 is 21.6 Å². The molecule has 0 aliphatic heterocycles. The molecule has 2 rings (SSSR count). The second kappa shape index (κ2) is 6.17. The van der Waals surface area contributed by atoms with Crippen molar-refractivity contribution in [3.05, 3.63) is 53.6 Å². The van der Waals surface area contributed by atoms with Crippen LogP contribution >= 0.6 is 0 Å². The standard InChI is InChI=1S/C15H16N2O4S/c1-10-7-8-11(9-14(10)22(16,19)20)17-15(18)12-5-3-4-6-13(12)21-2/h3-9H,1-2H3,(H,17,18)(H2,16,19,20). The highest BCUT2D eigenvalue weighted by Crippen LogP contribution is 2.22. The molecule has 0 aliphatic carbocycles. The predicted molar refractivity (Wildman–Crippen MR) is 83.5 cm³/mol. The Bertz CT molecular complexity index is 816. The SMILES string of the molecule is COc1ccccc1C(=O)Nc1ccc(C)c(S(N)(=O)=O)c1. The van der Waals surface area contributed by atoms with Crippen LogP contribution in [0.3, 0.4) is 0 Å². The molecular weight excluding hydrogens is 304 g/mol. The number of primary sulfonamides is 1. The summed E-state index contributed by atoms with van der Waals surface area (Å²) < 4.78 is 28.1. The van der Waals surface area contributed by atoms with E-state index < -0.39 is 15.9 Å². The zero-order valence-electron chi connectivity index (χ0n) is 12.2. The van der Waals surface area contributed by atoms with E-state index in [1.54, 1.807) is 43.3 Å². The first-order valence-corrected chi connectivity index (χ1v) is 7.95. The molecule has 0 saturated heterocycles. The molecule has 1 amide bonds. The smallest absolute Gasteiger partial charge is 0.259 e. The van der Waals surface area contributed by atoms with Gasteiger partial charge in [0, 0.05) is 5.69 Å². The van der Waals surface area contributed by atoms with E-state index in [-0.39, 0.29) is 4.90 Å². The molecule has 0 saturated carbocycles. The zero-order chi connectivity index (χ0) is 16.3. The van der Waals surface area contributed by atoms with Crippen molar-refractivity contribution in [3.63, 3.8) is 0 Å². The Hall–Kier alpha value is -2.38. The van der Waals surface area contributed by atoms with Crippen molar-refractivity contribution in [1.29, 1.82) is 0 Å². The van der Waals surface area contributed by atoms with E-state index in [1.807, 2.05) is 0 Å². The fourth-order valence-corrected chi connectivity index (χ4v) is 2.82. The van der Waals surface area contributed by atoms with Crippen LogP contribution in [0.5, 0.6) is 5.75 Å². The largest absolute Gasteiger partial charge is 0.496 e. The average Bonchev–Trinajstić information content (AvgIpc) is 2.48. The molecule has 7 heteroatoms. The highest BCUT2D eigenvalue weighted by Gasteiger charge is 2.15. The molecule has 0 spiro atoms. The minimum atomic E-state index is -3.85. The number of hydrogen-bond acceptors (Lipinski definition) is 4. The second-order valence-electron chi connectivity index (χ2n) is 4.68. The molecule has 0 fully saturated rings. The molecule has 0 atom stereocenters. The molecular formula is C15H16N2O4S. The Morgan fingerprint density at radius 3 is 2.50 bits per heavy atom. The molecule has 6 nitrogen and oxygen atoms in total. The minimum Gasteiger partial charge on any atom is -0.496 e. The summed E-state index contributed by atoms with van der Waals surface area (Å²) in [7, 11) is -2.38. The molecule has 2 aromatic rings. The van der Waals surface area contributed by atoms with Gasteiger partial charge in [-0.15, -0.1) is 0 Å². The van der Waals surface area contributed by atoms with E-state index >= 15 is 0 Å². The molecule has 3 N–H and O–H groups in total. The van der Waals surface area contributed by atoms with Crippen molar-refractivity contribution in [2.75, 3.05) is 12.4 Å². The van der Waals surface area contributed by atoms with E-state index in [1.165, 1.54) is 13.2 Å². The highest BCUT2D eigenvalue weighted by molar-refractivity contribution is 7.89. The molecule has 0 radical (unpaired) electrons. The molecule has 0 bridgehead atoms. The number of nitrogens with one attached hydrogen (secondary N) is 1. The fraction of sp³-hybridized carbons (Fsp3) is 0.133. The third-order valence-corrected chi connectivity index (χ3v) is 4.16. The van der Waals surface area contributed by atoms with Gasteiger partial charge in [-0.3, -0.25) is 4.79 Å². The Morgan fingerprint density at radius 1 is 1.18 bits per heavy atom. The van der Waals surface area contributed by atoms with E-state index in [2.05, 4.69) is 5.32 Å². The van der Waals surface area contributed by atoms with E-state index in [4.69, 9.17) is 9.88 Å². The molecule has 0 heterocycles. The second-order valence-corrected chi connectivity index (χ2v) is 6.21. The van der Waals surface area contributed by atoms with Gasteiger partial charge in [-0.1, -0.05) is 18.2 Å². The van der Waals surface area contributed by atoms with Gasteiger partial charge in [0.1, 0.15) is 5.75 Å². The van der Waals surface area contributed by atoms with Crippen molar-refractivity contribution in [3.8, 4) is 5.75 Å². The van der Waals surface area contributed by atoms with Crippen LogP contribution in [0.1, 0.15) is 15.9 Å². The van der Waals surface area contributed by atoms with Crippen LogP contribution in [0, 0.1) is 6.92 Å². The number of amides is 1. The summed E-state index contributed by atoms with van der Waals surface area (Å²) in [5.41, 5.74) is 1.20. The fourth-order valence-electron chi connectivity index (χ4n) is 2.02. The Labute approximate surface area is 129 Å². The summed E-state index contributed by atoms with van der Waals surface area (Å²) in [6.45, 7) is 1.63. The van der Waals surface area contributed by atoms with Crippen LogP contribution in [0.2, 0.25) is 0 Å². The molecule has 22 heavy (non-hydrogen) atoms. The van der Waals surface area contributed by atoms with Gasteiger partial charge in [-0.2, -0.15) is 0 Å². The lowest BCUT2D eigenvalue weighted by molar-refractivity contribution is 0.102.